The average molecular weight is 303 g/mol. The molecule has 2 N–H and O–H groups in total. The third kappa shape index (κ3) is 4.31. The standard InChI is InChI=1S/C17H25N3O2/c1-3-18-17(22)19-16(21)15(14-9-5-4-6-10-14)20-11-7-8-13(2)12-20/h4-6,9-10,13,15H,3,7-8,11-12H2,1-2H3,(H2,18,19,21,22). The van der Waals surface area contributed by atoms with Crippen molar-refractivity contribution in [3.05, 3.63) is 35.9 Å². The first-order chi connectivity index (χ1) is 10.6. The minimum atomic E-state index is -0.432. The molecule has 0 aliphatic carbocycles. The first-order valence-electron chi connectivity index (χ1n) is 7.99. The van der Waals surface area contributed by atoms with E-state index in [2.05, 4.69) is 22.5 Å². The molecule has 0 spiro atoms. The van der Waals surface area contributed by atoms with Gasteiger partial charge in [-0.25, -0.2) is 4.79 Å². The molecule has 2 unspecified atom stereocenters. The van der Waals surface area contributed by atoms with E-state index in [1.165, 1.54) is 6.42 Å². The number of benzene rings is 1. The van der Waals surface area contributed by atoms with Crippen molar-refractivity contribution in [3.63, 3.8) is 0 Å². The van der Waals surface area contributed by atoms with Crippen LogP contribution in [0.15, 0.2) is 30.3 Å². The third-order valence-corrected chi connectivity index (χ3v) is 3.99. The Hall–Kier alpha value is -1.88. The van der Waals surface area contributed by atoms with Crippen LogP contribution >= 0.6 is 0 Å². The lowest BCUT2D eigenvalue weighted by molar-refractivity contribution is -0.126. The van der Waals surface area contributed by atoms with Crippen molar-refractivity contribution in [2.24, 2.45) is 5.92 Å². The summed E-state index contributed by atoms with van der Waals surface area (Å²) in [5.74, 6) is 0.309. The number of carbonyl (C=O) groups excluding carboxylic acids is 2. The number of nitrogens with zero attached hydrogens (tertiary/aromatic N) is 1. The summed E-state index contributed by atoms with van der Waals surface area (Å²) >= 11 is 0. The first-order valence-corrected chi connectivity index (χ1v) is 7.99. The predicted molar refractivity (Wildman–Crippen MR) is 86.4 cm³/mol. The Kier molecular flexibility index (Phi) is 5.95. The van der Waals surface area contributed by atoms with Crippen LogP contribution in [0.4, 0.5) is 4.79 Å². The van der Waals surface area contributed by atoms with Gasteiger partial charge >= 0.3 is 6.03 Å². The van der Waals surface area contributed by atoms with E-state index in [1.54, 1.807) is 0 Å². The summed E-state index contributed by atoms with van der Waals surface area (Å²) in [4.78, 5) is 26.5. The molecule has 1 fully saturated rings. The van der Waals surface area contributed by atoms with Gasteiger partial charge in [-0.05, 0) is 37.8 Å². The minimum Gasteiger partial charge on any atom is -0.338 e. The van der Waals surface area contributed by atoms with Crippen LogP contribution in [0.3, 0.4) is 0 Å². The van der Waals surface area contributed by atoms with Crippen LogP contribution in [0.25, 0.3) is 0 Å². The molecule has 1 aromatic rings. The molecule has 5 nitrogen and oxygen atoms in total. The number of amides is 3. The fourth-order valence-corrected chi connectivity index (χ4v) is 3.01. The van der Waals surface area contributed by atoms with Gasteiger partial charge < -0.3 is 5.32 Å². The Morgan fingerprint density at radius 3 is 2.68 bits per heavy atom. The number of likely N-dealkylation sites (tertiary alicyclic amines) is 1. The highest BCUT2D eigenvalue weighted by Gasteiger charge is 2.31. The number of nitrogens with one attached hydrogen (secondary N) is 2. The summed E-state index contributed by atoms with van der Waals surface area (Å²) in [6.07, 6.45) is 2.27. The van der Waals surface area contributed by atoms with Crippen LogP contribution < -0.4 is 10.6 Å². The van der Waals surface area contributed by atoms with E-state index in [9.17, 15) is 9.59 Å². The number of hydrogen-bond donors (Lipinski definition) is 2. The summed E-state index contributed by atoms with van der Waals surface area (Å²) in [5.41, 5.74) is 0.929. The average Bonchev–Trinajstić information content (AvgIpc) is 2.49. The van der Waals surface area contributed by atoms with E-state index in [0.29, 0.717) is 12.5 Å². The van der Waals surface area contributed by atoms with Gasteiger partial charge in [0.2, 0.25) is 5.91 Å². The molecule has 1 heterocycles. The molecule has 5 heteroatoms. The van der Waals surface area contributed by atoms with E-state index in [1.807, 2.05) is 37.3 Å². The zero-order valence-corrected chi connectivity index (χ0v) is 13.3. The van der Waals surface area contributed by atoms with Gasteiger partial charge in [-0.1, -0.05) is 37.3 Å². The Balaban J connectivity index is 2.18. The van der Waals surface area contributed by atoms with Crippen molar-refractivity contribution in [2.75, 3.05) is 19.6 Å². The summed E-state index contributed by atoms with van der Waals surface area (Å²) in [7, 11) is 0. The molecule has 1 saturated heterocycles. The van der Waals surface area contributed by atoms with E-state index < -0.39 is 12.1 Å². The van der Waals surface area contributed by atoms with Gasteiger partial charge in [0.25, 0.3) is 0 Å². The van der Waals surface area contributed by atoms with Crippen LogP contribution in [0.2, 0.25) is 0 Å². The second kappa shape index (κ2) is 7.94. The number of urea groups is 1. The molecule has 1 aliphatic heterocycles. The Bertz CT molecular complexity index is 504. The highest BCUT2D eigenvalue weighted by molar-refractivity contribution is 5.97. The molecule has 3 amide bonds. The van der Waals surface area contributed by atoms with Crippen LogP contribution in [0.1, 0.15) is 38.3 Å². The maximum atomic E-state index is 12.6. The molecule has 120 valence electrons. The SMILES string of the molecule is CCNC(=O)NC(=O)C(c1ccccc1)N1CCCC(C)C1. The molecule has 0 saturated carbocycles. The van der Waals surface area contributed by atoms with Gasteiger partial charge in [0.1, 0.15) is 6.04 Å². The third-order valence-electron chi connectivity index (χ3n) is 3.99. The molecule has 0 radical (unpaired) electrons. The molecular weight excluding hydrogens is 278 g/mol. The molecule has 2 atom stereocenters. The topological polar surface area (TPSA) is 61.4 Å². The van der Waals surface area contributed by atoms with E-state index in [-0.39, 0.29) is 5.91 Å². The maximum Gasteiger partial charge on any atom is 0.321 e. The van der Waals surface area contributed by atoms with Gasteiger partial charge in [-0.2, -0.15) is 0 Å². The zero-order valence-electron chi connectivity index (χ0n) is 13.3. The monoisotopic (exact) mass is 303 g/mol. The predicted octanol–water partition coefficient (Wildman–Crippen LogP) is 2.31. The first kappa shape index (κ1) is 16.5. The van der Waals surface area contributed by atoms with Crippen molar-refractivity contribution in [2.45, 2.75) is 32.7 Å². The summed E-state index contributed by atoms with van der Waals surface area (Å²) in [6, 6.07) is 8.83. The summed E-state index contributed by atoms with van der Waals surface area (Å²) < 4.78 is 0. The van der Waals surface area contributed by atoms with Crippen LogP contribution in [-0.4, -0.2) is 36.5 Å². The molecule has 0 bridgehead atoms. The Morgan fingerprint density at radius 2 is 2.05 bits per heavy atom. The minimum absolute atomic E-state index is 0.258. The number of carbonyl (C=O) groups is 2. The fraction of sp³-hybridized carbons (Fsp3) is 0.529. The lowest BCUT2D eigenvalue weighted by Gasteiger charge is -2.36. The van der Waals surface area contributed by atoms with E-state index >= 15 is 0 Å². The lowest BCUT2D eigenvalue weighted by Crippen LogP contribution is -2.48. The second-order valence-corrected chi connectivity index (χ2v) is 5.90. The van der Waals surface area contributed by atoms with Crippen molar-refractivity contribution in [1.29, 1.82) is 0 Å². The fourth-order valence-electron chi connectivity index (χ4n) is 3.01. The highest BCUT2D eigenvalue weighted by atomic mass is 16.2. The van der Waals surface area contributed by atoms with Crippen molar-refractivity contribution in [3.8, 4) is 0 Å². The van der Waals surface area contributed by atoms with Crippen LogP contribution in [0.5, 0.6) is 0 Å². The molecule has 1 aliphatic rings. The number of rotatable bonds is 4. The summed E-state index contributed by atoms with van der Waals surface area (Å²) in [5, 5.41) is 5.07. The van der Waals surface area contributed by atoms with Crippen LogP contribution in [-0.2, 0) is 4.79 Å². The van der Waals surface area contributed by atoms with Gasteiger partial charge in [-0.15, -0.1) is 0 Å². The lowest BCUT2D eigenvalue weighted by atomic mass is 9.96. The number of imide groups is 1. The van der Waals surface area contributed by atoms with Gasteiger partial charge in [0.15, 0.2) is 0 Å². The molecule has 2 rings (SSSR count). The number of piperidine rings is 1. The van der Waals surface area contributed by atoms with Crippen LogP contribution in [0, 0.1) is 5.92 Å². The van der Waals surface area contributed by atoms with Gasteiger partial charge in [0, 0.05) is 13.1 Å². The zero-order chi connectivity index (χ0) is 15.9. The quantitative estimate of drug-likeness (QED) is 0.897. The molecule has 22 heavy (non-hydrogen) atoms. The van der Waals surface area contributed by atoms with Gasteiger partial charge in [-0.3, -0.25) is 15.0 Å². The molecular formula is C17H25N3O2. The van der Waals surface area contributed by atoms with Crippen molar-refractivity contribution < 1.29 is 9.59 Å². The molecule has 0 aromatic heterocycles. The Labute approximate surface area is 132 Å². The smallest absolute Gasteiger partial charge is 0.321 e. The Morgan fingerprint density at radius 1 is 1.32 bits per heavy atom. The maximum absolute atomic E-state index is 12.6. The molecule has 1 aromatic carbocycles. The normalized spacial score (nSPS) is 20.2. The second-order valence-electron chi connectivity index (χ2n) is 5.90. The van der Waals surface area contributed by atoms with E-state index in [4.69, 9.17) is 0 Å². The summed E-state index contributed by atoms with van der Waals surface area (Å²) in [6.45, 7) is 6.28. The largest absolute Gasteiger partial charge is 0.338 e. The number of hydrogen-bond acceptors (Lipinski definition) is 3. The van der Waals surface area contributed by atoms with Crippen molar-refractivity contribution >= 4 is 11.9 Å². The highest BCUT2D eigenvalue weighted by Crippen LogP contribution is 2.27. The van der Waals surface area contributed by atoms with E-state index in [0.717, 1.165) is 25.1 Å². The van der Waals surface area contributed by atoms with Crippen molar-refractivity contribution in [1.82, 2.24) is 15.5 Å². The van der Waals surface area contributed by atoms with Gasteiger partial charge in [0.05, 0.1) is 0 Å².